The summed E-state index contributed by atoms with van der Waals surface area (Å²) in [6.45, 7) is 6.37. The first-order valence-electron chi connectivity index (χ1n) is 4.85. The van der Waals surface area contributed by atoms with E-state index in [0.717, 1.165) is 18.9 Å². The van der Waals surface area contributed by atoms with Gasteiger partial charge in [0.2, 0.25) is 0 Å². The number of halogens is 2. The highest BCUT2D eigenvalue weighted by molar-refractivity contribution is 9.09. The van der Waals surface area contributed by atoms with Gasteiger partial charge in [-0.1, -0.05) is 41.4 Å². The maximum Gasteiger partial charge on any atom is 0.150 e. The molecule has 1 aliphatic rings. The van der Waals surface area contributed by atoms with Crippen molar-refractivity contribution >= 4 is 33.3 Å². The molecule has 82 valence electrons. The van der Waals surface area contributed by atoms with E-state index in [1.807, 2.05) is 0 Å². The zero-order chi connectivity index (χ0) is 11.1. The molecule has 1 aromatic heterocycles. The largest absolute Gasteiger partial charge is 0.354 e. The molecule has 3 nitrogen and oxygen atoms in total. The van der Waals surface area contributed by atoms with E-state index in [1.54, 1.807) is 6.20 Å². The van der Waals surface area contributed by atoms with E-state index >= 15 is 0 Å². The van der Waals surface area contributed by atoms with Gasteiger partial charge in [0.1, 0.15) is 11.3 Å². The molecule has 0 aromatic carbocycles. The van der Waals surface area contributed by atoms with Crippen molar-refractivity contribution < 1.29 is 0 Å². The minimum Gasteiger partial charge on any atom is -0.354 e. The third kappa shape index (κ3) is 2.11. The van der Waals surface area contributed by atoms with Crippen LogP contribution in [0, 0.1) is 5.41 Å². The quantitative estimate of drug-likeness (QED) is 0.745. The van der Waals surface area contributed by atoms with Gasteiger partial charge in [-0.25, -0.2) is 9.97 Å². The Balaban J connectivity index is 2.25. The fourth-order valence-corrected chi connectivity index (χ4v) is 2.52. The molecule has 0 bridgehead atoms. The fourth-order valence-electron chi connectivity index (χ4n) is 1.80. The predicted octanol–water partition coefficient (Wildman–Crippen LogP) is 2.74. The molecule has 5 heteroatoms. The van der Waals surface area contributed by atoms with Gasteiger partial charge in [-0.3, -0.25) is 0 Å². The third-order valence-corrected chi connectivity index (χ3v) is 4.57. The maximum absolute atomic E-state index is 6.06. The molecule has 1 aliphatic heterocycles. The van der Waals surface area contributed by atoms with E-state index in [1.165, 1.54) is 6.33 Å². The van der Waals surface area contributed by atoms with Crippen LogP contribution in [0.1, 0.15) is 13.8 Å². The average molecular weight is 291 g/mol. The number of anilines is 1. The number of nitrogens with zero attached hydrogens (tertiary/aromatic N) is 3. The van der Waals surface area contributed by atoms with Crippen molar-refractivity contribution in [1.82, 2.24) is 9.97 Å². The molecule has 1 fully saturated rings. The summed E-state index contributed by atoms with van der Waals surface area (Å²) in [5, 5.41) is 0.620. The first-order chi connectivity index (χ1) is 7.00. The van der Waals surface area contributed by atoms with Crippen LogP contribution < -0.4 is 4.90 Å². The van der Waals surface area contributed by atoms with Gasteiger partial charge in [0, 0.05) is 17.9 Å². The van der Waals surface area contributed by atoms with Gasteiger partial charge in [-0.05, 0) is 5.41 Å². The Morgan fingerprint density at radius 3 is 2.87 bits per heavy atom. The number of rotatable bonds is 1. The van der Waals surface area contributed by atoms with Crippen molar-refractivity contribution in [2.75, 3.05) is 18.0 Å². The maximum atomic E-state index is 6.06. The Morgan fingerprint density at radius 2 is 2.33 bits per heavy atom. The standard InChI is InChI=1S/C10H13BrClN3/c1-10(2)5-15(4-8(10)11)9-7(12)3-13-6-14-9/h3,6,8H,4-5H2,1-2H3. The normalized spacial score (nSPS) is 24.5. The summed E-state index contributed by atoms with van der Waals surface area (Å²) >= 11 is 9.76. The second-order valence-corrected chi connectivity index (χ2v) is 6.04. The second kappa shape index (κ2) is 3.91. The summed E-state index contributed by atoms with van der Waals surface area (Å²) < 4.78 is 0. The highest BCUT2D eigenvalue weighted by atomic mass is 79.9. The second-order valence-electron chi connectivity index (χ2n) is 4.53. The minimum absolute atomic E-state index is 0.244. The van der Waals surface area contributed by atoms with Crippen LogP contribution in [-0.2, 0) is 0 Å². The molecule has 1 saturated heterocycles. The molecule has 0 N–H and O–H groups in total. The molecule has 0 aliphatic carbocycles. The molecule has 15 heavy (non-hydrogen) atoms. The monoisotopic (exact) mass is 289 g/mol. The Bertz CT molecular complexity index is 369. The van der Waals surface area contributed by atoms with Crippen molar-refractivity contribution in [2.24, 2.45) is 5.41 Å². The van der Waals surface area contributed by atoms with Crippen LogP contribution in [-0.4, -0.2) is 27.9 Å². The predicted molar refractivity (Wildman–Crippen MR) is 65.8 cm³/mol. The van der Waals surface area contributed by atoms with Crippen LogP contribution in [0.5, 0.6) is 0 Å². The highest BCUT2D eigenvalue weighted by Gasteiger charge is 2.38. The van der Waals surface area contributed by atoms with Gasteiger partial charge in [-0.15, -0.1) is 0 Å². The fraction of sp³-hybridized carbons (Fsp3) is 0.600. The summed E-state index contributed by atoms with van der Waals surface area (Å²) in [5.41, 5.74) is 0.244. The van der Waals surface area contributed by atoms with Crippen LogP contribution in [0.25, 0.3) is 0 Å². The molecule has 2 rings (SSSR count). The molecule has 0 amide bonds. The van der Waals surface area contributed by atoms with E-state index in [4.69, 9.17) is 11.6 Å². The van der Waals surface area contributed by atoms with Crippen LogP contribution in [0.2, 0.25) is 5.02 Å². The van der Waals surface area contributed by atoms with Crippen LogP contribution >= 0.6 is 27.5 Å². The summed E-state index contributed by atoms with van der Waals surface area (Å²) in [4.78, 5) is 10.8. The van der Waals surface area contributed by atoms with E-state index in [0.29, 0.717) is 9.85 Å². The first kappa shape index (κ1) is 11.1. The molecule has 0 radical (unpaired) electrons. The van der Waals surface area contributed by atoms with Crippen molar-refractivity contribution in [1.29, 1.82) is 0 Å². The first-order valence-corrected chi connectivity index (χ1v) is 6.14. The van der Waals surface area contributed by atoms with Crippen LogP contribution in [0.3, 0.4) is 0 Å². The minimum atomic E-state index is 0.244. The number of alkyl halides is 1. The zero-order valence-electron chi connectivity index (χ0n) is 8.74. The average Bonchev–Trinajstić information content (AvgIpc) is 2.42. The zero-order valence-corrected chi connectivity index (χ0v) is 11.1. The summed E-state index contributed by atoms with van der Waals surface area (Å²) in [7, 11) is 0. The van der Waals surface area contributed by atoms with Crippen molar-refractivity contribution in [3.8, 4) is 0 Å². The summed E-state index contributed by atoms with van der Waals surface area (Å²) in [6.07, 6.45) is 3.17. The van der Waals surface area contributed by atoms with Crippen LogP contribution in [0.4, 0.5) is 5.82 Å². The Labute approximate surface area is 103 Å². The number of aromatic nitrogens is 2. The van der Waals surface area contributed by atoms with Gasteiger partial charge < -0.3 is 4.90 Å². The molecule has 0 saturated carbocycles. The number of hydrogen-bond acceptors (Lipinski definition) is 3. The topological polar surface area (TPSA) is 29.0 Å². The lowest BCUT2D eigenvalue weighted by Gasteiger charge is -2.21. The lowest BCUT2D eigenvalue weighted by Crippen LogP contribution is -2.24. The highest BCUT2D eigenvalue weighted by Crippen LogP contribution is 2.38. The summed E-state index contributed by atoms with van der Waals surface area (Å²) in [6, 6.07) is 0. The molecular formula is C10H13BrClN3. The lowest BCUT2D eigenvalue weighted by atomic mass is 9.93. The van der Waals surface area contributed by atoms with Gasteiger partial charge in [-0.2, -0.15) is 0 Å². The van der Waals surface area contributed by atoms with E-state index < -0.39 is 0 Å². The molecular weight excluding hydrogens is 277 g/mol. The number of hydrogen-bond donors (Lipinski definition) is 0. The third-order valence-electron chi connectivity index (χ3n) is 2.77. The van der Waals surface area contributed by atoms with Gasteiger partial charge in [0.05, 0.1) is 6.20 Å². The Kier molecular flexibility index (Phi) is 2.90. The van der Waals surface area contributed by atoms with Crippen molar-refractivity contribution in [3.05, 3.63) is 17.5 Å². The van der Waals surface area contributed by atoms with Gasteiger partial charge in [0.15, 0.2) is 5.82 Å². The van der Waals surface area contributed by atoms with E-state index in [2.05, 4.69) is 44.6 Å². The van der Waals surface area contributed by atoms with E-state index in [9.17, 15) is 0 Å². The molecule has 1 atom stereocenters. The van der Waals surface area contributed by atoms with Crippen molar-refractivity contribution in [2.45, 2.75) is 18.7 Å². The SMILES string of the molecule is CC1(C)CN(c2ncncc2Cl)CC1Br. The molecule has 1 aromatic rings. The van der Waals surface area contributed by atoms with Gasteiger partial charge >= 0.3 is 0 Å². The van der Waals surface area contributed by atoms with Gasteiger partial charge in [0.25, 0.3) is 0 Å². The Hall–Kier alpha value is -0.350. The van der Waals surface area contributed by atoms with Crippen molar-refractivity contribution in [3.63, 3.8) is 0 Å². The summed E-state index contributed by atoms with van der Waals surface area (Å²) in [5.74, 6) is 0.835. The molecule has 0 spiro atoms. The lowest BCUT2D eigenvalue weighted by molar-refractivity contribution is 0.434. The Morgan fingerprint density at radius 1 is 1.60 bits per heavy atom. The molecule has 1 unspecified atom stereocenters. The molecule has 2 heterocycles. The smallest absolute Gasteiger partial charge is 0.150 e. The van der Waals surface area contributed by atoms with E-state index in [-0.39, 0.29) is 5.41 Å². The van der Waals surface area contributed by atoms with Crippen LogP contribution in [0.15, 0.2) is 12.5 Å².